The van der Waals surface area contributed by atoms with Crippen molar-refractivity contribution in [2.75, 3.05) is 33.0 Å². The van der Waals surface area contributed by atoms with Crippen LogP contribution in [0.15, 0.2) is 40.9 Å². The Morgan fingerprint density at radius 2 is 1.75 bits per heavy atom. The number of nitrogens with zero attached hydrogens (tertiary/aromatic N) is 2. The van der Waals surface area contributed by atoms with Gasteiger partial charge in [-0.05, 0) is 103 Å². The van der Waals surface area contributed by atoms with E-state index in [2.05, 4.69) is 16.8 Å². The summed E-state index contributed by atoms with van der Waals surface area (Å²) in [5.74, 6) is 1.08. The molecule has 0 saturated carbocycles. The zero-order valence-electron chi connectivity index (χ0n) is 34.9. The molecule has 1 unspecified atom stereocenters. The number of aliphatic hydroxyl groups excluding tert-OH is 1. The molecule has 13 atom stereocenters. The molecule has 56 heavy (non-hydrogen) atoms. The summed E-state index contributed by atoms with van der Waals surface area (Å²) in [5.41, 5.74) is 5.12. The first-order valence-electron chi connectivity index (χ1n) is 19.7. The summed E-state index contributed by atoms with van der Waals surface area (Å²) in [5, 5.41) is 24.0. The lowest BCUT2D eigenvalue weighted by Gasteiger charge is -2.47. The third-order valence-corrected chi connectivity index (χ3v) is 11.6. The molecule has 3 aliphatic rings. The van der Waals surface area contributed by atoms with E-state index in [9.17, 15) is 24.6 Å². The second-order valence-electron chi connectivity index (χ2n) is 16.6. The topological polar surface area (TPSA) is 179 Å². The van der Waals surface area contributed by atoms with Gasteiger partial charge in [0.05, 0.1) is 37.1 Å². The fourth-order valence-electron chi connectivity index (χ4n) is 8.44. The van der Waals surface area contributed by atoms with Crippen LogP contribution < -0.4 is 5.73 Å². The van der Waals surface area contributed by atoms with Crippen LogP contribution >= 0.6 is 0 Å². The summed E-state index contributed by atoms with van der Waals surface area (Å²) in [7, 11) is 3.75. The van der Waals surface area contributed by atoms with Gasteiger partial charge >= 0.3 is 5.97 Å². The maximum atomic E-state index is 14.5. The number of ether oxygens (including phenoxy) is 5. The number of nitrogen functional groups attached to an aromatic ring is 1. The van der Waals surface area contributed by atoms with Crippen molar-refractivity contribution in [1.82, 2.24) is 4.90 Å². The van der Waals surface area contributed by atoms with E-state index in [0.717, 1.165) is 5.56 Å². The average Bonchev–Trinajstić information content (AvgIpc) is 3.14. The SMILES string of the molecule is CC[C@H]1OC(=O)[C@H](C)C(=O)[C@H](C)[C@@H](O[C@@H]2O[C@H](C)C[C@H](N(C)C)[C@H]2O)[C@@]2(C)C[C@@H](C)C(=NC(C)=O)[C@H](C)C(OC/C(=C\C#Cc3ccc(N)cc3)CO2)[C@]1(C)O. The molecule has 0 aromatic heterocycles. The Labute approximate surface area is 332 Å². The monoisotopic (exact) mass is 781 g/mol. The van der Waals surface area contributed by atoms with E-state index in [0.29, 0.717) is 23.4 Å². The van der Waals surface area contributed by atoms with Crippen LogP contribution in [0.2, 0.25) is 0 Å². The number of hydrogen-bond donors (Lipinski definition) is 3. The van der Waals surface area contributed by atoms with Gasteiger partial charge in [-0.15, -0.1) is 0 Å². The van der Waals surface area contributed by atoms with Crippen molar-refractivity contribution in [3.8, 4) is 11.8 Å². The van der Waals surface area contributed by atoms with Crippen LogP contribution in [0, 0.1) is 35.5 Å². The number of cyclic esters (lactones) is 1. The highest BCUT2D eigenvalue weighted by molar-refractivity contribution is 6.00. The van der Waals surface area contributed by atoms with Gasteiger partial charge in [-0.3, -0.25) is 14.4 Å². The van der Waals surface area contributed by atoms with Crippen LogP contribution in [-0.4, -0.2) is 120 Å². The number of esters is 1. The molecule has 3 aliphatic heterocycles. The Bertz CT molecular complexity index is 1680. The Morgan fingerprint density at radius 3 is 2.36 bits per heavy atom. The molecule has 4 rings (SSSR count). The predicted octanol–water partition coefficient (Wildman–Crippen LogP) is 4.11. The van der Waals surface area contributed by atoms with Gasteiger partial charge in [0.15, 0.2) is 12.1 Å². The van der Waals surface area contributed by atoms with Crippen molar-refractivity contribution in [2.24, 2.45) is 28.7 Å². The van der Waals surface area contributed by atoms with Gasteiger partial charge in [-0.1, -0.05) is 39.5 Å². The second-order valence-corrected chi connectivity index (χ2v) is 16.6. The van der Waals surface area contributed by atoms with Gasteiger partial charge in [-0.2, -0.15) is 0 Å². The molecule has 0 spiro atoms. The van der Waals surface area contributed by atoms with Crippen LogP contribution in [0.3, 0.4) is 0 Å². The van der Waals surface area contributed by atoms with Crippen molar-refractivity contribution < 1.29 is 48.3 Å². The maximum Gasteiger partial charge on any atom is 0.316 e. The summed E-state index contributed by atoms with van der Waals surface area (Å²) in [6.45, 7) is 15.2. The van der Waals surface area contributed by atoms with Crippen molar-refractivity contribution in [3.63, 3.8) is 0 Å². The van der Waals surface area contributed by atoms with Crippen molar-refractivity contribution in [3.05, 3.63) is 41.5 Å². The van der Waals surface area contributed by atoms with Crippen LogP contribution in [0.1, 0.15) is 87.1 Å². The van der Waals surface area contributed by atoms with Crippen molar-refractivity contribution in [1.29, 1.82) is 0 Å². The molecule has 3 heterocycles. The Hall–Kier alpha value is -3.48. The third-order valence-electron chi connectivity index (χ3n) is 11.6. The number of rotatable bonds is 4. The Balaban J connectivity index is 1.98. The van der Waals surface area contributed by atoms with Gasteiger partial charge in [0.25, 0.3) is 0 Å². The van der Waals surface area contributed by atoms with Gasteiger partial charge in [-0.25, -0.2) is 4.99 Å². The average molecular weight is 782 g/mol. The fraction of sp³-hybridized carbons (Fsp3) is 0.674. The largest absolute Gasteiger partial charge is 0.459 e. The lowest BCUT2D eigenvalue weighted by Crippen LogP contribution is -2.60. The first kappa shape index (κ1) is 45.2. The lowest BCUT2D eigenvalue weighted by molar-refractivity contribution is -0.296. The lowest BCUT2D eigenvalue weighted by atomic mass is 9.73. The third kappa shape index (κ3) is 10.5. The molecule has 1 aromatic carbocycles. The quantitative estimate of drug-likeness (QED) is 0.173. The molecular formula is C43H63N3O10. The number of hydrogen-bond acceptors (Lipinski definition) is 12. The minimum absolute atomic E-state index is 0.0319. The number of benzene rings is 1. The van der Waals surface area contributed by atoms with Gasteiger partial charge < -0.3 is 44.5 Å². The molecule has 0 radical (unpaired) electrons. The maximum absolute atomic E-state index is 14.5. The number of ketones is 1. The number of likely N-dealkylation sites (N-methyl/N-ethyl adjacent to an activating group) is 1. The van der Waals surface area contributed by atoms with E-state index in [1.54, 1.807) is 39.0 Å². The first-order valence-corrected chi connectivity index (χ1v) is 19.7. The summed E-state index contributed by atoms with van der Waals surface area (Å²) in [6.07, 6.45) is -3.15. The number of fused-ring (bicyclic) bond motifs is 5. The number of aliphatic hydroxyl groups is 2. The van der Waals surface area contributed by atoms with Gasteiger partial charge in [0.1, 0.15) is 23.7 Å². The molecular weight excluding hydrogens is 718 g/mol. The Kier molecular flexibility index (Phi) is 15.2. The van der Waals surface area contributed by atoms with Crippen molar-refractivity contribution >= 4 is 29.1 Å². The summed E-state index contributed by atoms with van der Waals surface area (Å²) < 4.78 is 32.5. The minimum Gasteiger partial charge on any atom is -0.459 e. The number of nitrogens with two attached hydrogens (primary N) is 1. The molecule has 3 saturated heterocycles. The molecule has 3 fully saturated rings. The zero-order valence-corrected chi connectivity index (χ0v) is 34.9. The van der Waals surface area contributed by atoms with Crippen LogP contribution in [0.25, 0.3) is 0 Å². The van der Waals surface area contributed by atoms with Gasteiger partial charge in [0, 0.05) is 41.8 Å². The number of anilines is 1. The number of Topliss-reactive ketones (excluding diaryl/α,β-unsaturated/α-hetero) is 1. The van der Waals surface area contributed by atoms with Crippen LogP contribution in [-0.2, 0) is 38.1 Å². The summed E-state index contributed by atoms with van der Waals surface area (Å²) >= 11 is 0. The molecule has 4 N–H and O–H groups in total. The molecule has 13 nitrogen and oxygen atoms in total. The predicted molar refractivity (Wildman–Crippen MR) is 212 cm³/mol. The van der Waals surface area contributed by atoms with Gasteiger partial charge in [0.2, 0.25) is 5.91 Å². The molecule has 13 heteroatoms. The van der Waals surface area contributed by atoms with E-state index in [4.69, 9.17) is 29.4 Å². The number of carbonyl (C=O) groups excluding carboxylic acids is 3. The molecule has 1 amide bonds. The van der Waals surface area contributed by atoms with E-state index in [1.165, 1.54) is 13.8 Å². The van der Waals surface area contributed by atoms with Crippen molar-refractivity contribution in [2.45, 2.75) is 136 Å². The summed E-state index contributed by atoms with van der Waals surface area (Å²) in [4.78, 5) is 47.5. The number of aliphatic imine (C=N–C) groups is 1. The first-order chi connectivity index (χ1) is 26.2. The molecule has 310 valence electrons. The highest BCUT2D eigenvalue weighted by atomic mass is 16.7. The normalized spacial score (nSPS) is 39.2. The highest BCUT2D eigenvalue weighted by Gasteiger charge is 2.53. The highest BCUT2D eigenvalue weighted by Crippen LogP contribution is 2.40. The number of amides is 1. The van der Waals surface area contributed by atoms with Crippen LogP contribution in [0.5, 0.6) is 0 Å². The van der Waals surface area contributed by atoms with E-state index >= 15 is 0 Å². The summed E-state index contributed by atoms with van der Waals surface area (Å²) in [6, 6.07) is 6.84. The Morgan fingerprint density at radius 1 is 1.09 bits per heavy atom. The molecule has 2 bridgehead atoms. The molecule has 0 aliphatic carbocycles. The van der Waals surface area contributed by atoms with E-state index in [-0.39, 0.29) is 38.2 Å². The number of allylic oxidation sites excluding steroid dienone is 1. The minimum atomic E-state index is -1.81. The fourth-order valence-corrected chi connectivity index (χ4v) is 8.44. The smallest absolute Gasteiger partial charge is 0.316 e. The van der Waals surface area contributed by atoms with E-state index in [1.807, 2.05) is 58.8 Å². The zero-order chi connectivity index (χ0) is 41.7. The number of carbonyl (C=O) groups is 3. The van der Waals surface area contributed by atoms with E-state index < -0.39 is 83.2 Å². The van der Waals surface area contributed by atoms with Crippen LogP contribution in [0.4, 0.5) is 5.69 Å². The standard InChI is InChI=1S/C43H63N3O10/c1-12-34-43(9,51)39-26(4)35(45-29(7)47)24(2)21-42(8,53-23-31(22-52-39)15-13-14-30-16-18-32(44)19-17-30)38(27(5)36(48)28(6)40(50)55-34)56-41-37(49)33(46(10)11)20-25(3)54-41/h15-19,24-28,33-34,37-39,41,49,51H,12,20-23,44H2,1-11H3/b31-15+,45-35?/t24-,25-,26+,27+,28-,33+,34-,37-,38-,39?,41+,42-,43-/m1/s1. The second kappa shape index (κ2) is 18.9. The molecule has 1 aromatic rings.